The van der Waals surface area contributed by atoms with Crippen molar-refractivity contribution in [1.29, 1.82) is 0 Å². The molecule has 1 aliphatic rings. The van der Waals surface area contributed by atoms with Gasteiger partial charge in [-0.1, -0.05) is 46.4 Å². The van der Waals surface area contributed by atoms with Gasteiger partial charge in [0.2, 0.25) is 0 Å². The molecule has 0 atom stereocenters. The van der Waals surface area contributed by atoms with E-state index in [1.165, 1.54) is 25.1 Å². The maximum absolute atomic E-state index is 12.7. The molecule has 3 rings (SSSR count). The third-order valence-electron chi connectivity index (χ3n) is 3.73. The van der Waals surface area contributed by atoms with Crippen molar-refractivity contribution in [3.8, 4) is 0 Å². The van der Waals surface area contributed by atoms with Crippen LogP contribution in [-0.2, 0) is 0 Å². The van der Waals surface area contributed by atoms with E-state index in [9.17, 15) is 19.7 Å². The molecule has 1 aliphatic heterocycles. The van der Waals surface area contributed by atoms with Gasteiger partial charge in [0.15, 0.2) is 0 Å². The Morgan fingerprint density at radius 3 is 1.80 bits per heavy atom. The predicted molar refractivity (Wildman–Crippen MR) is 95.5 cm³/mol. The van der Waals surface area contributed by atoms with Crippen LogP contribution in [0.2, 0.25) is 20.1 Å². The summed E-state index contributed by atoms with van der Waals surface area (Å²) in [6.45, 7) is 1.54. The molecule has 2 aromatic rings. The highest BCUT2D eigenvalue weighted by Crippen LogP contribution is 2.46. The average Bonchev–Trinajstić information content (AvgIpc) is 2.82. The van der Waals surface area contributed by atoms with Crippen molar-refractivity contribution in [2.24, 2.45) is 0 Å². The molecule has 1 heterocycles. The standard InChI is InChI=1S/C15H6Cl4N2O4/c1-5-4-6(21(24)25)2-3-7(5)20-14(22)8-9(15(20)23)11(17)13(19)12(18)10(8)16/h2-4H,1H3. The van der Waals surface area contributed by atoms with Crippen molar-refractivity contribution in [2.75, 3.05) is 4.90 Å². The molecular formula is C15H6Cl4N2O4. The Labute approximate surface area is 161 Å². The number of carbonyl (C=O) groups is 2. The first-order chi connectivity index (χ1) is 11.7. The number of halogens is 4. The Morgan fingerprint density at radius 1 is 0.920 bits per heavy atom. The number of aryl methyl sites for hydroxylation is 1. The molecule has 2 amide bonds. The fourth-order valence-corrected chi connectivity index (χ4v) is 3.59. The molecule has 0 unspecified atom stereocenters. The topological polar surface area (TPSA) is 80.5 Å². The van der Waals surface area contributed by atoms with Crippen molar-refractivity contribution < 1.29 is 14.5 Å². The molecule has 0 radical (unpaired) electrons. The summed E-state index contributed by atoms with van der Waals surface area (Å²) in [5, 5.41) is 10.2. The molecule has 0 aliphatic carbocycles. The lowest BCUT2D eigenvalue weighted by molar-refractivity contribution is -0.384. The second-order valence-corrected chi connectivity index (χ2v) is 6.69. The number of carbonyl (C=O) groups excluding carboxylic acids is 2. The summed E-state index contributed by atoms with van der Waals surface area (Å²) in [6.07, 6.45) is 0. The number of nitro groups is 1. The minimum atomic E-state index is -0.734. The Balaban J connectivity index is 2.21. The molecule has 25 heavy (non-hydrogen) atoms. The number of amides is 2. The Hall–Kier alpha value is -1.86. The largest absolute Gasteiger partial charge is 0.269 e. The van der Waals surface area contributed by atoms with E-state index in [0.717, 1.165) is 4.90 Å². The summed E-state index contributed by atoms with van der Waals surface area (Å²) in [6, 6.07) is 3.75. The van der Waals surface area contributed by atoms with E-state index in [1.807, 2.05) is 0 Å². The molecular weight excluding hydrogens is 414 g/mol. The summed E-state index contributed by atoms with van der Waals surface area (Å²) < 4.78 is 0. The predicted octanol–water partition coefficient (Wildman–Crippen LogP) is 5.32. The molecule has 10 heteroatoms. The lowest BCUT2D eigenvalue weighted by Gasteiger charge is -2.16. The molecule has 0 aromatic heterocycles. The molecule has 128 valence electrons. The van der Waals surface area contributed by atoms with Crippen LogP contribution in [0.15, 0.2) is 18.2 Å². The second-order valence-electron chi connectivity index (χ2n) is 5.18. The number of nitrogens with zero attached hydrogens (tertiary/aromatic N) is 2. The van der Waals surface area contributed by atoms with E-state index < -0.39 is 16.7 Å². The van der Waals surface area contributed by atoms with E-state index in [1.54, 1.807) is 0 Å². The van der Waals surface area contributed by atoms with Gasteiger partial charge < -0.3 is 0 Å². The highest BCUT2D eigenvalue weighted by Gasteiger charge is 2.43. The summed E-state index contributed by atoms with van der Waals surface area (Å²) >= 11 is 24.1. The highest BCUT2D eigenvalue weighted by atomic mass is 35.5. The number of imide groups is 1. The number of hydrogen-bond donors (Lipinski definition) is 0. The van der Waals surface area contributed by atoms with E-state index in [-0.39, 0.29) is 42.6 Å². The van der Waals surface area contributed by atoms with Gasteiger partial charge in [-0.3, -0.25) is 19.7 Å². The van der Waals surface area contributed by atoms with Crippen LogP contribution in [0.3, 0.4) is 0 Å². The number of fused-ring (bicyclic) bond motifs is 1. The smallest absolute Gasteiger partial charge is 0.268 e. The second kappa shape index (κ2) is 6.14. The van der Waals surface area contributed by atoms with E-state index in [2.05, 4.69) is 0 Å². The third kappa shape index (κ3) is 2.57. The van der Waals surface area contributed by atoms with Crippen molar-refractivity contribution in [2.45, 2.75) is 6.92 Å². The van der Waals surface area contributed by atoms with E-state index in [4.69, 9.17) is 46.4 Å². The molecule has 0 bridgehead atoms. The summed E-state index contributed by atoms with van der Waals surface area (Å²) in [7, 11) is 0. The Kier molecular flexibility index (Phi) is 4.41. The summed E-state index contributed by atoms with van der Waals surface area (Å²) in [4.78, 5) is 36.6. The average molecular weight is 420 g/mol. The lowest BCUT2D eigenvalue weighted by Crippen LogP contribution is -2.30. The maximum Gasteiger partial charge on any atom is 0.269 e. The van der Waals surface area contributed by atoms with Gasteiger partial charge in [-0.15, -0.1) is 0 Å². The van der Waals surface area contributed by atoms with Gasteiger partial charge in [-0.05, 0) is 18.6 Å². The van der Waals surface area contributed by atoms with Gasteiger partial charge in [-0.2, -0.15) is 0 Å². The number of benzene rings is 2. The number of rotatable bonds is 2. The minimum Gasteiger partial charge on any atom is -0.268 e. The molecule has 0 spiro atoms. The third-order valence-corrected chi connectivity index (χ3v) is 5.54. The lowest BCUT2D eigenvalue weighted by atomic mass is 10.1. The maximum atomic E-state index is 12.7. The van der Waals surface area contributed by atoms with Crippen LogP contribution in [0.25, 0.3) is 0 Å². The van der Waals surface area contributed by atoms with Gasteiger partial charge >= 0.3 is 0 Å². The van der Waals surface area contributed by atoms with Crippen LogP contribution in [0, 0.1) is 17.0 Å². The van der Waals surface area contributed by atoms with Gasteiger partial charge in [0.05, 0.1) is 41.8 Å². The molecule has 2 aromatic carbocycles. The van der Waals surface area contributed by atoms with Gasteiger partial charge in [0, 0.05) is 12.1 Å². The summed E-state index contributed by atoms with van der Waals surface area (Å²) in [5.74, 6) is -1.47. The van der Waals surface area contributed by atoms with Crippen LogP contribution >= 0.6 is 46.4 Å². The van der Waals surface area contributed by atoms with E-state index >= 15 is 0 Å². The molecule has 0 saturated carbocycles. The number of non-ortho nitro benzene ring substituents is 1. The molecule has 0 saturated heterocycles. The zero-order valence-electron chi connectivity index (χ0n) is 12.3. The minimum absolute atomic E-state index is 0.129. The van der Waals surface area contributed by atoms with Crippen LogP contribution in [-0.4, -0.2) is 16.7 Å². The Bertz CT molecular complexity index is 943. The van der Waals surface area contributed by atoms with Crippen LogP contribution in [0.4, 0.5) is 11.4 Å². The number of hydrogen-bond acceptors (Lipinski definition) is 4. The van der Waals surface area contributed by atoms with Crippen LogP contribution in [0.5, 0.6) is 0 Å². The van der Waals surface area contributed by atoms with Gasteiger partial charge in [0.1, 0.15) is 0 Å². The van der Waals surface area contributed by atoms with Gasteiger partial charge in [0.25, 0.3) is 17.5 Å². The molecule has 0 N–H and O–H groups in total. The summed E-state index contributed by atoms with van der Waals surface area (Å²) in [5.41, 5.74) is 0.0666. The molecule has 6 nitrogen and oxygen atoms in total. The fraction of sp³-hybridized carbons (Fsp3) is 0.0667. The van der Waals surface area contributed by atoms with Crippen LogP contribution in [0.1, 0.15) is 26.3 Å². The van der Waals surface area contributed by atoms with Crippen molar-refractivity contribution in [3.63, 3.8) is 0 Å². The quantitative estimate of drug-likeness (QED) is 0.217. The van der Waals surface area contributed by atoms with Crippen molar-refractivity contribution in [1.82, 2.24) is 0 Å². The number of nitro benzene ring substituents is 1. The fourth-order valence-electron chi connectivity index (χ4n) is 2.57. The number of anilines is 1. The Morgan fingerprint density at radius 2 is 1.40 bits per heavy atom. The normalized spacial score (nSPS) is 13.4. The monoisotopic (exact) mass is 418 g/mol. The SMILES string of the molecule is Cc1cc([N+](=O)[O-])ccc1N1C(=O)c2c(Cl)c(Cl)c(Cl)c(Cl)c2C1=O. The van der Waals surface area contributed by atoms with Crippen LogP contribution < -0.4 is 4.90 Å². The van der Waals surface area contributed by atoms with Gasteiger partial charge in [-0.25, -0.2) is 4.90 Å². The first kappa shape index (κ1) is 17.9. The zero-order valence-corrected chi connectivity index (χ0v) is 15.3. The highest BCUT2D eigenvalue weighted by molar-refractivity contribution is 6.56. The van der Waals surface area contributed by atoms with E-state index in [0.29, 0.717) is 5.56 Å². The zero-order chi connectivity index (χ0) is 18.6. The molecule has 0 fully saturated rings. The first-order valence-electron chi connectivity index (χ1n) is 6.66. The van der Waals surface area contributed by atoms with Crippen molar-refractivity contribution >= 4 is 69.6 Å². The van der Waals surface area contributed by atoms with Crippen molar-refractivity contribution in [3.05, 3.63) is 65.1 Å². The first-order valence-corrected chi connectivity index (χ1v) is 8.17.